The minimum atomic E-state index is 1.06. The van der Waals surface area contributed by atoms with Crippen LogP contribution >= 0.6 is 0 Å². The lowest BCUT2D eigenvalue weighted by atomic mass is 10.7. The Hall–Kier alpha value is -1.72. The van der Waals surface area contributed by atoms with Gasteiger partial charge in [-0.1, -0.05) is 0 Å². The standard InChI is InChI=1S/C6H11N2.CHN4/c1-3-8-5-4-7(2)6-8;1-2-4-5-3-1/h4-6H,3H2,1-2H3;1H/q+1;-1. The largest absolute Gasteiger partial charge is 0.339 e. The summed E-state index contributed by atoms with van der Waals surface area (Å²) in [7, 11) is 2.02. The predicted molar refractivity (Wildman–Crippen MR) is 44.4 cm³/mol. The lowest BCUT2D eigenvalue weighted by molar-refractivity contribution is -0.671. The second-order valence-corrected chi connectivity index (χ2v) is 2.43. The van der Waals surface area contributed by atoms with Crippen LogP contribution in [0.25, 0.3) is 0 Å². The molecule has 0 aliphatic carbocycles. The Labute approximate surface area is 76.2 Å². The Bertz CT molecular complexity index is 294. The monoisotopic (exact) mass is 180 g/mol. The van der Waals surface area contributed by atoms with E-state index in [1.165, 1.54) is 6.33 Å². The van der Waals surface area contributed by atoms with E-state index in [9.17, 15) is 0 Å². The van der Waals surface area contributed by atoms with Gasteiger partial charge in [0, 0.05) is 0 Å². The maximum atomic E-state index is 3.25. The fraction of sp³-hybridized carbons (Fsp3) is 0.429. The highest BCUT2D eigenvalue weighted by atomic mass is 15.5. The van der Waals surface area contributed by atoms with E-state index in [4.69, 9.17) is 0 Å². The average molecular weight is 180 g/mol. The van der Waals surface area contributed by atoms with Gasteiger partial charge in [0.15, 0.2) is 0 Å². The first-order valence-corrected chi connectivity index (χ1v) is 3.95. The highest BCUT2D eigenvalue weighted by molar-refractivity contribution is 4.63. The van der Waals surface area contributed by atoms with Gasteiger partial charge in [-0.2, -0.15) is 5.21 Å². The molecule has 0 atom stereocenters. The normalized spacial score (nSPS) is 9.08. The van der Waals surface area contributed by atoms with Gasteiger partial charge in [0.1, 0.15) is 12.4 Å². The maximum Gasteiger partial charge on any atom is 0.243 e. The van der Waals surface area contributed by atoms with Crippen LogP contribution in [0.4, 0.5) is 0 Å². The molecule has 0 aliphatic heterocycles. The van der Waals surface area contributed by atoms with Crippen molar-refractivity contribution in [2.75, 3.05) is 0 Å². The van der Waals surface area contributed by atoms with E-state index < -0.39 is 0 Å². The Balaban J connectivity index is 0.000000145. The minimum Gasteiger partial charge on any atom is -0.339 e. The van der Waals surface area contributed by atoms with Gasteiger partial charge in [0.05, 0.1) is 13.6 Å². The van der Waals surface area contributed by atoms with Gasteiger partial charge in [0.2, 0.25) is 6.33 Å². The first kappa shape index (κ1) is 9.37. The number of tetrazole rings is 1. The summed E-state index contributed by atoms with van der Waals surface area (Å²) < 4.78 is 4.16. The van der Waals surface area contributed by atoms with E-state index in [0.29, 0.717) is 0 Å². The Morgan fingerprint density at radius 3 is 2.62 bits per heavy atom. The second kappa shape index (κ2) is 5.02. The lowest BCUT2D eigenvalue weighted by Gasteiger charge is -1.81. The van der Waals surface area contributed by atoms with E-state index >= 15 is 0 Å². The van der Waals surface area contributed by atoms with Gasteiger partial charge < -0.3 is 5.10 Å². The number of aryl methyl sites for hydroxylation is 2. The van der Waals surface area contributed by atoms with Crippen molar-refractivity contribution in [1.29, 1.82) is 0 Å². The molecule has 0 spiro atoms. The van der Waals surface area contributed by atoms with Crippen LogP contribution in [0.2, 0.25) is 0 Å². The van der Waals surface area contributed by atoms with Crippen LogP contribution in [0.15, 0.2) is 25.0 Å². The van der Waals surface area contributed by atoms with Gasteiger partial charge in [0.25, 0.3) is 0 Å². The summed E-state index contributed by atoms with van der Waals surface area (Å²) in [6.45, 7) is 3.18. The molecule has 0 radical (unpaired) electrons. The van der Waals surface area contributed by atoms with Crippen molar-refractivity contribution < 1.29 is 4.57 Å². The molecule has 2 rings (SSSR count). The molecule has 6 nitrogen and oxygen atoms in total. The van der Waals surface area contributed by atoms with Crippen LogP contribution in [-0.4, -0.2) is 20.1 Å². The predicted octanol–water partition coefficient (Wildman–Crippen LogP) is -0.839. The van der Waals surface area contributed by atoms with Crippen LogP contribution in [-0.2, 0) is 13.6 Å². The average Bonchev–Trinajstić information content (AvgIpc) is 2.76. The van der Waals surface area contributed by atoms with Gasteiger partial charge in [-0.25, -0.2) is 9.13 Å². The molecule has 0 fully saturated rings. The minimum absolute atomic E-state index is 1.06. The molecule has 0 bridgehead atoms. The number of imidazole rings is 1. The molecule has 2 aromatic rings. The van der Waals surface area contributed by atoms with E-state index in [2.05, 4.69) is 44.6 Å². The molecule has 0 amide bonds. The molecule has 70 valence electrons. The first-order valence-electron chi connectivity index (χ1n) is 3.95. The number of nitrogens with zero attached hydrogens (tertiary/aromatic N) is 6. The van der Waals surface area contributed by atoms with Crippen LogP contribution < -0.4 is 9.67 Å². The Morgan fingerprint density at radius 2 is 2.38 bits per heavy atom. The third-order valence-corrected chi connectivity index (χ3v) is 1.44. The van der Waals surface area contributed by atoms with Gasteiger partial charge in [-0.05, 0) is 13.3 Å². The molecule has 0 aliphatic rings. The summed E-state index contributed by atoms with van der Waals surface area (Å²) in [6, 6.07) is 0. The fourth-order valence-corrected chi connectivity index (χ4v) is 0.804. The zero-order valence-corrected chi connectivity index (χ0v) is 7.70. The molecule has 13 heavy (non-hydrogen) atoms. The Kier molecular flexibility index (Phi) is 3.62. The summed E-state index contributed by atoms with van der Waals surface area (Å²) in [5.74, 6) is 0. The second-order valence-electron chi connectivity index (χ2n) is 2.43. The van der Waals surface area contributed by atoms with Gasteiger partial charge in [-0.3, -0.25) is 10.3 Å². The quantitative estimate of drug-likeness (QED) is 0.537. The van der Waals surface area contributed by atoms with Crippen LogP contribution in [0, 0.1) is 0 Å². The molecule has 0 aromatic carbocycles. The summed E-state index contributed by atoms with van der Waals surface area (Å²) in [5.41, 5.74) is 0. The third kappa shape index (κ3) is 3.46. The van der Waals surface area contributed by atoms with Crippen molar-refractivity contribution in [3.8, 4) is 0 Å². The van der Waals surface area contributed by atoms with Crippen molar-refractivity contribution in [2.45, 2.75) is 13.5 Å². The van der Waals surface area contributed by atoms with Crippen molar-refractivity contribution in [3.63, 3.8) is 0 Å². The SMILES string of the molecule is CCn1cc[n+](C)c1.c1nnn[n-]1. The van der Waals surface area contributed by atoms with E-state index in [1.807, 2.05) is 17.8 Å². The zero-order valence-electron chi connectivity index (χ0n) is 7.70. The van der Waals surface area contributed by atoms with Crippen molar-refractivity contribution in [3.05, 3.63) is 25.0 Å². The number of hydrogen-bond acceptors (Lipinski definition) is 3. The third-order valence-electron chi connectivity index (χ3n) is 1.44. The first-order chi connectivity index (χ1) is 6.33. The molecule has 0 unspecified atom stereocenters. The highest BCUT2D eigenvalue weighted by Crippen LogP contribution is 1.79. The molecule has 6 heteroatoms. The van der Waals surface area contributed by atoms with Crippen LogP contribution in [0.5, 0.6) is 0 Å². The summed E-state index contributed by atoms with van der Waals surface area (Å²) >= 11 is 0. The lowest BCUT2D eigenvalue weighted by Crippen LogP contribution is -2.23. The summed E-state index contributed by atoms with van der Waals surface area (Å²) in [4.78, 5) is 0. The molecule has 0 N–H and O–H groups in total. The Morgan fingerprint density at radius 1 is 1.54 bits per heavy atom. The smallest absolute Gasteiger partial charge is 0.243 e. The molecule has 0 saturated heterocycles. The topological polar surface area (TPSA) is 61.6 Å². The number of hydrogen-bond donors (Lipinski definition) is 0. The van der Waals surface area contributed by atoms with Crippen molar-refractivity contribution in [2.24, 2.45) is 7.05 Å². The van der Waals surface area contributed by atoms with Gasteiger partial charge >= 0.3 is 0 Å². The summed E-state index contributed by atoms with van der Waals surface area (Å²) in [6.07, 6.45) is 7.42. The van der Waals surface area contributed by atoms with Crippen LogP contribution in [0.3, 0.4) is 0 Å². The molecular formula is C7H12N6. The number of rotatable bonds is 1. The zero-order chi connectivity index (χ0) is 9.52. The summed E-state index contributed by atoms with van der Waals surface area (Å²) in [5, 5.41) is 12.7. The van der Waals surface area contributed by atoms with Crippen molar-refractivity contribution >= 4 is 0 Å². The van der Waals surface area contributed by atoms with Crippen molar-refractivity contribution in [1.82, 2.24) is 25.2 Å². The fourth-order valence-electron chi connectivity index (χ4n) is 0.804. The maximum absolute atomic E-state index is 3.25. The highest BCUT2D eigenvalue weighted by Gasteiger charge is 1.92. The van der Waals surface area contributed by atoms with E-state index in [1.54, 1.807) is 0 Å². The van der Waals surface area contributed by atoms with E-state index in [-0.39, 0.29) is 0 Å². The van der Waals surface area contributed by atoms with E-state index in [0.717, 1.165) is 6.54 Å². The van der Waals surface area contributed by atoms with Crippen LogP contribution in [0.1, 0.15) is 6.92 Å². The number of aromatic nitrogens is 6. The molecule has 2 aromatic heterocycles. The van der Waals surface area contributed by atoms with Gasteiger partial charge in [-0.15, -0.1) is 0 Å². The molecule has 0 saturated carbocycles. The molecular weight excluding hydrogens is 168 g/mol. The molecule has 2 heterocycles.